The Morgan fingerprint density at radius 2 is 1.73 bits per heavy atom. The predicted molar refractivity (Wildman–Crippen MR) is 103 cm³/mol. The van der Waals surface area contributed by atoms with Crippen molar-refractivity contribution in [3.8, 4) is 17.2 Å². The monoisotopic (exact) mass is 397 g/mol. The second kappa shape index (κ2) is 9.55. The number of methoxy groups -OCH3 is 2. The molecule has 0 fully saturated rings. The van der Waals surface area contributed by atoms with Crippen molar-refractivity contribution in [2.45, 2.75) is 13.5 Å². The SMILES string of the molecule is CCN(Cc1ccc(OC)c(OC)c1)C(=O)COc1ccc(Cl)c(Cl)c1. The molecule has 1 amide bonds. The smallest absolute Gasteiger partial charge is 0.260 e. The van der Waals surface area contributed by atoms with Crippen molar-refractivity contribution < 1.29 is 19.0 Å². The minimum Gasteiger partial charge on any atom is -0.493 e. The summed E-state index contributed by atoms with van der Waals surface area (Å²) in [6.07, 6.45) is 0. The number of ether oxygens (including phenoxy) is 3. The highest BCUT2D eigenvalue weighted by Crippen LogP contribution is 2.28. The quantitative estimate of drug-likeness (QED) is 0.660. The van der Waals surface area contributed by atoms with Gasteiger partial charge in [0.1, 0.15) is 5.75 Å². The van der Waals surface area contributed by atoms with E-state index in [0.29, 0.717) is 40.4 Å². The molecule has 0 atom stereocenters. The summed E-state index contributed by atoms with van der Waals surface area (Å²) in [7, 11) is 3.16. The van der Waals surface area contributed by atoms with Gasteiger partial charge in [0.25, 0.3) is 5.91 Å². The largest absolute Gasteiger partial charge is 0.493 e. The van der Waals surface area contributed by atoms with Gasteiger partial charge in [-0.2, -0.15) is 0 Å². The van der Waals surface area contributed by atoms with E-state index in [1.165, 1.54) is 0 Å². The molecule has 0 spiro atoms. The van der Waals surface area contributed by atoms with Crippen LogP contribution in [0.5, 0.6) is 17.2 Å². The highest BCUT2D eigenvalue weighted by molar-refractivity contribution is 6.42. The van der Waals surface area contributed by atoms with Crippen LogP contribution in [0.15, 0.2) is 36.4 Å². The first kappa shape index (κ1) is 20.2. The van der Waals surface area contributed by atoms with Crippen LogP contribution in [-0.4, -0.2) is 38.2 Å². The molecular formula is C19H21Cl2NO4. The Bertz CT molecular complexity index is 767. The maximum Gasteiger partial charge on any atom is 0.260 e. The van der Waals surface area contributed by atoms with Crippen LogP contribution in [0.1, 0.15) is 12.5 Å². The van der Waals surface area contributed by atoms with Gasteiger partial charge in [-0.05, 0) is 36.8 Å². The van der Waals surface area contributed by atoms with Crippen LogP contribution in [0, 0.1) is 0 Å². The van der Waals surface area contributed by atoms with Crippen LogP contribution >= 0.6 is 23.2 Å². The van der Waals surface area contributed by atoms with Gasteiger partial charge in [-0.15, -0.1) is 0 Å². The van der Waals surface area contributed by atoms with Gasteiger partial charge in [0.05, 0.1) is 24.3 Å². The average molecular weight is 398 g/mol. The summed E-state index contributed by atoms with van der Waals surface area (Å²) < 4.78 is 16.1. The highest BCUT2D eigenvalue weighted by atomic mass is 35.5. The Balaban J connectivity index is 2.00. The molecule has 7 heteroatoms. The third-order valence-electron chi connectivity index (χ3n) is 3.81. The van der Waals surface area contributed by atoms with Crippen molar-refractivity contribution >= 4 is 29.1 Å². The molecule has 0 bridgehead atoms. The van der Waals surface area contributed by atoms with Crippen LogP contribution in [-0.2, 0) is 11.3 Å². The molecule has 0 aliphatic heterocycles. The van der Waals surface area contributed by atoms with Crippen molar-refractivity contribution in [3.05, 3.63) is 52.0 Å². The zero-order chi connectivity index (χ0) is 19.1. The Kier molecular flexibility index (Phi) is 7.42. The number of nitrogens with zero attached hydrogens (tertiary/aromatic N) is 1. The molecule has 26 heavy (non-hydrogen) atoms. The van der Waals surface area contributed by atoms with E-state index in [2.05, 4.69) is 0 Å². The van der Waals surface area contributed by atoms with Crippen LogP contribution < -0.4 is 14.2 Å². The van der Waals surface area contributed by atoms with Gasteiger partial charge in [0.15, 0.2) is 18.1 Å². The molecule has 0 aliphatic rings. The Morgan fingerprint density at radius 3 is 2.35 bits per heavy atom. The first-order valence-electron chi connectivity index (χ1n) is 8.05. The molecule has 0 radical (unpaired) electrons. The summed E-state index contributed by atoms with van der Waals surface area (Å²) in [6.45, 7) is 2.83. The number of carbonyl (C=O) groups excluding carboxylic acids is 1. The number of hydrogen-bond donors (Lipinski definition) is 0. The van der Waals surface area contributed by atoms with E-state index >= 15 is 0 Å². The van der Waals surface area contributed by atoms with Crippen LogP contribution in [0.3, 0.4) is 0 Å². The van der Waals surface area contributed by atoms with Crippen molar-refractivity contribution in [2.75, 3.05) is 27.4 Å². The molecule has 2 rings (SSSR count). The van der Waals surface area contributed by atoms with Crippen LogP contribution in [0.2, 0.25) is 10.0 Å². The minimum absolute atomic E-state index is 0.0842. The Labute approximate surface area is 163 Å². The molecule has 0 N–H and O–H groups in total. The minimum atomic E-state index is -0.131. The molecule has 140 valence electrons. The number of benzene rings is 2. The zero-order valence-electron chi connectivity index (χ0n) is 14.9. The number of amides is 1. The van der Waals surface area contributed by atoms with Gasteiger partial charge in [0.2, 0.25) is 0 Å². The topological polar surface area (TPSA) is 48.0 Å². The van der Waals surface area contributed by atoms with Crippen LogP contribution in [0.25, 0.3) is 0 Å². The third-order valence-corrected chi connectivity index (χ3v) is 4.55. The van der Waals surface area contributed by atoms with Gasteiger partial charge < -0.3 is 19.1 Å². The molecule has 0 aromatic heterocycles. The Hall–Kier alpha value is -2.11. The molecule has 0 saturated carbocycles. The predicted octanol–water partition coefficient (Wildman–Crippen LogP) is 4.44. The third kappa shape index (κ3) is 5.19. The van der Waals surface area contributed by atoms with E-state index in [1.807, 2.05) is 25.1 Å². The van der Waals surface area contributed by atoms with E-state index < -0.39 is 0 Å². The van der Waals surface area contributed by atoms with E-state index in [0.717, 1.165) is 5.56 Å². The number of likely N-dealkylation sites (N-methyl/N-ethyl adjacent to an activating group) is 1. The fourth-order valence-corrected chi connectivity index (χ4v) is 2.67. The number of rotatable bonds is 8. The van der Waals surface area contributed by atoms with Crippen molar-refractivity contribution in [1.29, 1.82) is 0 Å². The molecule has 0 aliphatic carbocycles. The summed E-state index contributed by atoms with van der Waals surface area (Å²) in [5.41, 5.74) is 0.937. The first-order valence-corrected chi connectivity index (χ1v) is 8.80. The molecular weight excluding hydrogens is 377 g/mol. The fourth-order valence-electron chi connectivity index (χ4n) is 2.38. The van der Waals surface area contributed by atoms with E-state index in [9.17, 15) is 4.79 Å². The van der Waals surface area contributed by atoms with Gasteiger partial charge in [-0.25, -0.2) is 0 Å². The van der Waals surface area contributed by atoms with Gasteiger partial charge in [-0.1, -0.05) is 29.3 Å². The second-order valence-electron chi connectivity index (χ2n) is 5.46. The van der Waals surface area contributed by atoms with Crippen LogP contribution in [0.4, 0.5) is 0 Å². The summed E-state index contributed by atoms with van der Waals surface area (Å²) in [4.78, 5) is 14.2. The van der Waals surface area contributed by atoms with E-state index in [4.69, 9.17) is 37.4 Å². The van der Waals surface area contributed by atoms with Crippen molar-refractivity contribution in [1.82, 2.24) is 4.90 Å². The van der Waals surface area contributed by atoms with E-state index in [1.54, 1.807) is 37.3 Å². The summed E-state index contributed by atoms with van der Waals surface area (Å²) in [5, 5.41) is 0.822. The molecule has 0 unspecified atom stereocenters. The average Bonchev–Trinajstić information content (AvgIpc) is 2.66. The second-order valence-corrected chi connectivity index (χ2v) is 6.28. The number of hydrogen-bond acceptors (Lipinski definition) is 4. The Morgan fingerprint density at radius 1 is 1.00 bits per heavy atom. The van der Waals surface area contributed by atoms with E-state index in [-0.39, 0.29) is 12.5 Å². The molecule has 2 aromatic carbocycles. The lowest BCUT2D eigenvalue weighted by Gasteiger charge is -2.22. The summed E-state index contributed by atoms with van der Waals surface area (Å²) in [5.74, 6) is 1.64. The normalized spacial score (nSPS) is 10.3. The van der Waals surface area contributed by atoms with Gasteiger partial charge in [0, 0.05) is 19.2 Å². The van der Waals surface area contributed by atoms with Crippen molar-refractivity contribution in [3.63, 3.8) is 0 Å². The first-order chi connectivity index (χ1) is 12.5. The number of halogens is 2. The van der Waals surface area contributed by atoms with Gasteiger partial charge >= 0.3 is 0 Å². The molecule has 2 aromatic rings. The number of carbonyl (C=O) groups is 1. The lowest BCUT2D eigenvalue weighted by molar-refractivity contribution is -0.133. The lowest BCUT2D eigenvalue weighted by Crippen LogP contribution is -2.34. The maximum atomic E-state index is 12.5. The fraction of sp³-hybridized carbons (Fsp3) is 0.316. The molecule has 5 nitrogen and oxygen atoms in total. The standard InChI is InChI=1S/C19H21Cl2NO4/c1-4-22(11-13-5-8-17(24-2)18(9-13)25-3)19(23)12-26-14-6-7-15(20)16(21)10-14/h5-10H,4,11-12H2,1-3H3. The summed E-state index contributed by atoms with van der Waals surface area (Å²) in [6, 6.07) is 10.5. The molecule has 0 heterocycles. The van der Waals surface area contributed by atoms with Gasteiger partial charge in [-0.3, -0.25) is 4.79 Å². The maximum absolute atomic E-state index is 12.5. The molecule has 0 saturated heterocycles. The zero-order valence-corrected chi connectivity index (χ0v) is 16.4. The lowest BCUT2D eigenvalue weighted by atomic mass is 10.2. The summed E-state index contributed by atoms with van der Waals surface area (Å²) >= 11 is 11.8. The van der Waals surface area contributed by atoms with Crippen molar-refractivity contribution in [2.24, 2.45) is 0 Å². The highest BCUT2D eigenvalue weighted by Gasteiger charge is 2.15.